The van der Waals surface area contributed by atoms with E-state index in [1.165, 1.54) is 12.1 Å². The van der Waals surface area contributed by atoms with Crippen molar-refractivity contribution >= 4 is 18.3 Å². The van der Waals surface area contributed by atoms with Crippen molar-refractivity contribution in [3.8, 4) is 5.75 Å². The summed E-state index contributed by atoms with van der Waals surface area (Å²) in [5.74, 6) is 0.0906. The van der Waals surface area contributed by atoms with E-state index in [0.717, 1.165) is 25.2 Å². The van der Waals surface area contributed by atoms with Crippen molar-refractivity contribution in [2.24, 2.45) is 0 Å². The number of hydrogen-bond acceptors (Lipinski definition) is 3. The monoisotopic (exact) mass is 324 g/mol. The molecule has 0 saturated carbocycles. The van der Waals surface area contributed by atoms with E-state index < -0.39 is 11.7 Å². The third-order valence-corrected chi connectivity index (χ3v) is 3.01. The van der Waals surface area contributed by atoms with Crippen LogP contribution in [0.3, 0.4) is 0 Å². The van der Waals surface area contributed by atoms with Crippen LogP contribution in [-0.4, -0.2) is 43.6 Å². The number of halogens is 4. The molecule has 1 aliphatic rings. The summed E-state index contributed by atoms with van der Waals surface area (Å²) in [5.41, 5.74) is -0.738. The van der Waals surface area contributed by atoms with Gasteiger partial charge in [-0.1, -0.05) is 0 Å². The zero-order chi connectivity index (χ0) is 14.6. The lowest BCUT2D eigenvalue weighted by atomic mass is 10.2. The third-order valence-electron chi connectivity index (χ3n) is 3.01. The van der Waals surface area contributed by atoms with E-state index in [2.05, 4.69) is 5.32 Å². The minimum Gasteiger partial charge on any atom is -0.484 e. The second-order valence-corrected chi connectivity index (χ2v) is 4.44. The average molecular weight is 325 g/mol. The fourth-order valence-electron chi connectivity index (χ4n) is 1.89. The Hall–Kier alpha value is -1.47. The first-order chi connectivity index (χ1) is 9.47. The maximum absolute atomic E-state index is 12.4. The molecule has 1 amide bonds. The summed E-state index contributed by atoms with van der Waals surface area (Å²) in [6, 6.07) is 4.30. The molecule has 8 heteroatoms. The van der Waals surface area contributed by atoms with Gasteiger partial charge in [0.2, 0.25) is 0 Å². The molecule has 0 atom stereocenters. The molecule has 2 rings (SSSR count). The first-order valence-electron chi connectivity index (χ1n) is 6.25. The SMILES string of the molecule is Cl.O=C(COc1ccc(C(F)(F)F)cc1)N1CCNCC1. The van der Waals surface area contributed by atoms with Crippen molar-refractivity contribution in [2.45, 2.75) is 6.18 Å². The number of carbonyl (C=O) groups is 1. The van der Waals surface area contributed by atoms with Crippen molar-refractivity contribution < 1.29 is 22.7 Å². The number of carbonyl (C=O) groups excluding carboxylic acids is 1. The van der Waals surface area contributed by atoms with Gasteiger partial charge >= 0.3 is 6.18 Å². The van der Waals surface area contributed by atoms with Crippen LogP contribution in [0.25, 0.3) is 0 Å². The summed E-state index contributed by atoms with van der Waals surface area (Å²) in [5, 5.41) is 3.12. The zero-order valence-corrected chi connectivity index (χ0v) is 12.0. The van der Waals surface area contributed by atoms with Gasteiger partial charge in [-0.15, -0.1) is 12.4 Å². The fraction of sp³-hybridized carbons (Fsp3) is 0.462. The van der Waals surface area contributed by atoms with Crippen molar-refractivity contribution in [3.63, 3.8) is 0 Å². The fourth-order valence-corrected chi connectivity index (χ4v) is 1.89. The Balaban J connectivity index is 0.00000220. The van der Waals surface area contributed by atoms with Crippen LogP contribution in [0.1, 0.15) is 5.56 Å². The van der Waals surface area contributed by atoms with Gasteiger partial charge in [0.1, 0.15) is 5.75 Å². The molecule has 21 heavy (non-hydrogen) atoms. The quantitative estimate of drug-likeness (QED) is 0.924. The molecule has 1 fully saturated rings. The van der Waals surface area contributed by atoms with E-state index in [0.29, 0.717) is 13.1 Å². The molecular weight excluding hydrogens is 309 g/mol. The van der Waals surface area contributed by atoms with E-state index >= 15 is 0 Å². The zero-order valence-electron chi connectivity index (χ0n) is 11.2. The van der Waals surface area contributed by atoms with Crippen LogP contribution < -0.4 is 10.1 Å². The van der Waals surface area contributed by atoms with E-state index in [-0.39, 0.29) is 30.7 Å². The Kier molecular flexibility index (Phi) is 6.29. The predicted octanol–water partition coefficient (Wildman–Crippen LogP) is 1.94. The van der Waals surface area contributed by atoms with Gasteiger partial charge in [0.25, 0.3) is 5.91 Å². The second-order valence-electron chi connectivity index (χ2n) is 4.44. The van der Waals surface area contributed by atoms with Crippen LogP contribution in [0.4, 0.5) is 13.2 Å². The highest BCUT2D eigenvalue weighted by atomic mass is 35.5. The van der Waals surface area contributed by atoms with Gasteiger partial charge in [-0.05, 0) is 24.3 Å². The summed E-state index contributed by atoms with van der Waals surface area (Å²) in [6.45, 7) is 2.56. The lowest BCUT2D eigenvalue weighted by molar-refractivity contribution is -0.137. The Morgan fingerprint density at radius 2 is 1.76 bits per heavy atom. The highest BCUT2D eigenvalue weighted by molar-refractivity contribution is 5.85. The molecule has 1 saturated heterocycles. The van der Waals surface area contributed by atoms with Crippen molar-refractivity contribution in [1.29, 1.82) is 0 Å². The summed E-state index contributed by atoms with van der Waals surface area (Å²) < 4.78 is 42.3. The van der Waals surface area contributed by atoms with Crippen LogP contribution in [0.5, 0.6) is 5.75 Å². The van der Waals surface area contributed by atoms with Gasteiger partial charge in [0, 0.05) is 26.2 Å². The summed E-state index contributed by atoms with van der Waals surface area (Å²) in [6.07, 6.45) is -4.37. The molecule has 1 aromatic rings. The molecule has 4 nitrogen and oxygen atoms in total. The van der Waals surface area contributed by atoms with E-state index in [4.69, 9.17) is 4.74 Å². The van der Waals surface area contributed by atoms with Crippen LogP contribution in [0, 0.1) is 0 Å². The van der Waals surface area contributed by atoms with E-state index in [1.807, 2.05) is 0 Å². The van der Waals surface area contributed by atoms with Crippen molar-refractivity contribution in [2.75, 3.05) is 32.8 Å². The molecule has 0 bridgehead atoms. The lowest BCUT2D eigenvalue weighted by Crippen LogP contribution is -2.47. The molecule has 1 heterocycles. The number of ether oxygens (including phenoxy) is 1. The number of benzene rings is 1. The van der Waals surface area contributed by atoms with Gasteiger partial charge in [0.05, 0.1) is 5.56 Å². The predicted molar refractivity (Wildman–Crippen MR) is 73.6 cm³/mol. The van der Waals surface area contributed by atoms with Crippen molar-refractivity contribution in [3.05, 3.63) is 29.8 Å². The molecular formula is C13H16ClF3N2O2. The van der Waals surface area contributed by atoms with Gasteiger partial charge in [0.15, 0.2) is 6.61 Å². The van der Waals surface area contributed by atoms with Crippen molar-refractivity contribution in [1.82, 2.24) is 10.2 Å². The lowest BCUT2D eigenvalue weighted by Gasteiger charge is -2.27. The van der Waals surface area contributed by atoms with Gasteiger partial charge in [-0.3, -0.25) is 4.79 Å². The van der Waals surface area contributed by atoms with Crippen LogP contribution >= 0.6 is 12.4 Å². The Morgan fingerprint density at radius 3 is 2.29 bits per heavy atom. The smallest absolute Gasteiger partial charge is 0.416 e. The van der Waals surface area contributed by atoms with Gasteiger partial charge in [-0.2, -0.15) is 13.2 Å². The second kappa shape index (κ2) is 7.51. The standard InChI is InChI=1S/C13H15F3N2O2.ClH/c14-13(15,16)10-1-3-11(4-2-10)20-9-12(19)18-7-5-17-6-8-18;/h1-4,17H,5-9H2;1H. The summed E-state index contributed by atoms with van der Waals surface area (Å²) >= 11 is 0. The molecule has 0 unspecified atom stereocenters. The van der Waals surface area contributed by atoms with Crippen LogP contribution in [0.15, 0.2) is 24.3 Å². The molecule has 0 aromatic heterocycles. The molecule has 0 spiro atoms. The third kappa shape index (κ3) is 5.09. The molecule has 1 aliphatic heterocycles. The molecule has 0 radical (unpaired) electrons. The Bertz CT molecular complexity index is 459. The highest BCUT2D eigenvalue weighted by Gasteiger charge is 2.30. The Morgan fingerprint density at radius 1 is 1.19 bits per heavy atom. The molecule has 1 aromatic carbocycles. The minimum atomic E-state index is -4.37. The first-order valence-corrected chi connectivity index (χ1v) is 6.25. The molecule has 0 aliphatic carbocycles. The number of nitrogens with zero attached hydrogens (tertiary/aromatic N) is 1. The Labute approximate surface area is 126 Å². The first kappa shape index (κ1) is 17.6. The summed E-state index contributed by atoms with van der Waals surface area (Å²) in [7, 11) is 0. The number of piperazine rings is 1. The summed E-state index contributed by atoms with van der Waals surface area (Å²) in [4.78, 5) is 13.5. The number of rotatable bonds is 3. The number of nitrogens with one attached hydrogen (secondary N) is 1. The number of hydrogen-bond donors (Lipinski definition) is 1. The topological polar surface area (TPSA) is 41.6 Å². The highest BCUT2D eigenvalue weighted by Crippen LogP contribution is 2.30. The maximum atomic E-state index is 12.4. The van der Waals surface area contributed by atoms with E-state index in [9.17, 15) is 18.0 Å². The minimum absolute atomic E-state index is 0. The van der Waals surface area contributed by atoms with E-state index in [1.54, 1.807) is 4.90 Å². The average Bonchev–Trinajstić information content (AvgIpc) is 2.45. The van der Waals surface area contributed by atoms with Gasteiger partial charge < -0.3 is 15.0 Å². The van der Waals surface area contributed by atoms with Gasteiger partial charge in [-0.25, -0.2) is 0 Å². The van der Waals surface area contributed by atoms with Crippen LogP contribution in [0.2, 0.25) is 0 Å². The maximum Gasteiger partial charge on any atom is 0.416 e. The van der Waals surface area contributed by atoms with Crippen LogP contribution in [-0.2, 0) is 11.0 Å². The molecule has 1 N–H and O–H groups in total. The number of amides is 1. The molecule has 118 valence electrons. The normalized spacial score (nSPS) is 15.3. The number of alkyl halides is 3. The largest absolute Gasteiger partial charge is 0.484 e.